The van der Waals surface area contributed by atoms with Gasteiger partial charge in [-0.05, 0) is 71.1 Å². The molecule has 0 aliphatic heterocycles. The van der Waals surface area contributed by atoms with E-state index in [1.807, 2.05) is 0 Å². The van der Waals surface area contributed by atoms with E-state index in [4.69, 9.17) is 10.3 Å². The van der Waals surface area contributed by atoms with E-state index in [0.717, 1.165) is 5.39 Å². The summed E-state index contributed by atoms with van der Waals surface area (Å²) in [4.78, 5) is -0.316. The van der Waals surface area contributed by atoms with Crippen molar-refractivity contribution in [3.63, 3.8) is 0 Å². The summed E-state index contributed by atoms with van der Waals surface area (Å²) in [6.07, 6.45) is 0. The van der Waals surface area contributed by atoms with Gasteiger partial charge in [-0.3, -0.25) is 0 Å². The minimum absolute atomic E-state index is 0.0257. The van der Waals surface area contributed by atoms with Gasteiger partial charge in [-0.15, -0.1) is 0 Å². The number of benzene rings is 4. The molecular weight excluding hydrogens is 462 g/mol. The predicted molar refractivity (Wildman–Crippen MR) is 119 cm³/mol. The van der Waals surface area contributed by atoms with Gasteiger partial charge in [0.05, 0.1) is 9.79 Å². The summed E-state index contributed by atoms with van der Waals surface area (Å²) >= 11 is 0. The fourth-order valence-electron chi connectivity index (χ4n) is 4.35. The van der Waals surface area contributed by atoms with Gasteiger partial charge in [0.25, 0.3) is 20.2 Å². The summed E-state index contributed by atoms with van der Waals surface area (Å²) in [6.45, 7) is 5.23. The van der Waals surface area contributed by atoms with Crippen molar-refractivity contribution < 1.29 is 25.3 Å². The molecule has 0 spiro atoms. The molecule has 0 atom stereocenters. The molecule has 5 N–H and O–H groups in total. The van der Waals surface area contributed by atoms with Crippen LogP contribution in [0.5, 0.6) is 0 Å². The van der Waals surface area contributed by atoms with Gasteiger partial charge in [0, 0.05) is 10.8 Å². The predicted octanol–water partition coefficient (Wildman–Crippen LogP) is 1.64. The van der Waals surface area contributed by atoms with Crippen LogP contribution in [0.15, 0.2) is 40.1 Å². The Hall–Kier alpha value is -2.35. The Bertz CT molecular complexity index is 1740. The van der Waals surface area contributed by atoms with Crippen LogP contribution >= 0.6 is 0 Å². The van der Waals surface area contributed by atoms with Crippen molar-refractivity contribution in [1.29, 1.82) is 0 Å². The molecule has 0 aromatic heterocycles. The van der Waals surface area contributed by atoms with Crippen molar-refractivity contribution in [3.8, 4) is 0 Å². The molecule has 0 saturated carbocycles. The lowest BCUT2D eigenvalue weighted by Gasteiger charge is -2.21. The van der Waals surface area contributed by atoms with Crippen LogP contribution in [-0.2, 0) is 30.3 Å². The van der Waals surface area contributed by atoms with Crippen LogP contribution in [0.2, 0.25) is 0 Å². The number of primary sulfonamides is 1. The van der Waals surface area contributed by atoms with E-state index < -0.39 is 30.3 Å². The Morgan fingerprint density at radius 2 is 1.35 bits per heavy atom. The minimum Gasteiger partial charge on any atom is -0.225 e. The first-order valence-corrected chi connectivity index (χ1v) is 13.5. The molecule has 4 aromatic carbocycles. The van der Waals surface area contributed by atoms with Gasteiger partial charge in [0.2, 0.25) is 10.0 Å². The molecule has 0 aliphatic rings. The van der Waals surface area contributed by atoms with Crippen LogP contribution in [0.25, 0.3) is 32.3 Å². The van der Waals surface area contributed by atoms with Crippen LogP contribution in [0.1, 0.15) is 16.7 Å². The van der Waals surface area contributed by atoms with Gasteiger partial charge < -0.3 is 0 Å². The van der Waals surface area contributed by atoms with Gasteiger partial charge >= 0.3 is 0 Å². The molecule has 0 aliphatic carbocycles. The summed E-state index contributed by atoms with van der Waals surface area (Å²) in [6, 6.07) is 7.78. The zero-order valence-corrected chi connectivity index (χ0v) is 19.2. The second-order valence-corrected chi connectivity index (χ2v) is 12.2. The molecular formula is C19H19N3O6S3. The van der Waals surface area contributed by atoms with Gasteiger partial charge in [0.15, 0.2) is 0 Å². The molecule has 0 amide bonds. The first-order chi connectivity index (χ1) is 14.1. The average molecular weight is 482 g/mol. The smallest absolute Gasteiger partial charge is 0.225 e. The van der Waals surface area contributed by atoms with Crippen LogP contribution < -0.4 is 14.4 Å². The summed E-state index contributed by atoms with van der Waals surface area (Å²) in [5.74, 6) is 0. The van der Waals surface area contributed by atoms with Crippen molar-refractivity contribution in [2.24, 2.45) is 10.3 Å². The Labute approximate surface area is 179 Å². The van der Waals surface area contributed by atoms with Crippen molar-refractivity contribution in [3.05, 3.63) is 47.0 Å². The Kier molecular flexibility index (Phi) is 4.64. The third-order valence-corrected chi connectivity index (χ3v) is 9.35. The molecule has 4 rings (SSSR count). The molecule has 0 fully saturated rings. The van der Waals surface area contributed by atoms with Crippen LogP contribution in [0.3, 0.4) is 0 Å². The monoisotopic (exact) mass is 481 g/mol. The van der Waals surface area contributed by atoms with Gasteiger partial charge in [0.1, 0.15) is 0 Å². The van der Waals surface area contributed by atoms with Crippen LogP contribution in [0, 0.1) is 20.8 Å². The Morgan fingerprint density at radius 1 is 0.742 bits per heavy atom. The highest BCUT2D eigenvalue weighted by Crippen LogP contribution is 2.43. The van der Waals surface area contributed by atoms with E-state index in [1.54, 1.807) is 39.0 Å². The average Bonchev–Trinajstić information content (AvgIpc) is 2.59. The molecule has 0 heterocycles. The van der Waals surface area contributed by atoms with E-state index in [2.05, 4.69) is 0 Å². The lowest BCUT2D eigenvalue weighted by atomic mass is 9.87. The second-order valence-electron chi connectivity index (χ2n) is 7.52. The maximum atomic E-state index is 12.8. The van der Waals surface area contributed by atoms with Crippen molar-refractivity contribution in [1.82, 2.24) is 4.13 Å². The lowest BCUT2D eigenvalue weighted by Crippen LogP contribution is -2.36. The number of sulfonamides is 2. The first-order valence-electron chi connectivity index (χ1n) is 8.94. The summed E-state index contributed by atoms with van der Waals surface area (Å²) in [5.41, 5.74) is 1.92. The molecule has 164 valence electrons. The Balaban J connectivity index is 2.32. The fraction of sp³-hybridized carbons (Fsp3) is 0.158. The highest BCUT2D eigenvalue weighted by atomic mass is 32.3. The Morgan fingerprint density at radius 3 is 1.94 bits per heavy atom. The molecule has 0 bridgehead atoms. The standard InChI is InChI=1S/C19H19N3O6S3/c1-9-8-14-15(30(25,26)22-31(21,27)28)7-5-12-4-6-13-18(17(12)14)16(9)10(2)11(3)19(13)29(20,23)24/h4-8,22H,1-3H3,(H2,20,23,24)(H2,21,27,28). The quantitative estimate of drug-likeness (QED) is 0.375. The summed E-state index contributed by atoms with van der Waals surface area (Å²) in [5, 5.41) is 13.5. The first kappa shape index (κ1) is 21.9. The van der Waals surface area contributed by atoms with Crippen LogP contribution in [-0.4, -0.2) is 25.3 Å². The zero-order chi connectivity index (χ0) is 23.1. The lowest BCUT2D eigenvalue weighted by molar-refractivity contribution is 0.578. The van der Waals surface area contributed by atoms with E-state index in [9.17, 15) is 25.3 Å². The maximum absolute atomic E-state index is 12.8. The van der Waals surface area contributed by atoms with Crippen molar-refractivity contribution >= 4 is 62.6 Å². The number of nitrogens with one attached hydrogen (secondary N) is 1. The van der Waals surface area contributed by atoms with E-state index >= 15 is 0 Å². The van der Waals surface area contributed by atoms with E-state index in [1.165, 1.54) is 16.3 Å². The highest BCUT2D eigenvalue weighted by molar-refractivity contribution is 8.03. The normalized spacial score (nSPS) is 13.6. The number of nitrogens with two attached hydrogens (primary N) is 2. The number of aryl methyl sites for hydroxylation is 2. The number of hydrogen-bond donors (Lipinski definition) is 3. The molecule has 0 saturated heterocycles. The molecule has 4 aromatic rings. The zero-order valence-electron chi connectivity index (χ0n) is 16.7. The highest BCUT2D eigenvalue weighted by Gasteiger charge is 2.27. The minimum atomic E-state index is -4.54. The summed E-state index contributed by atoms with van der Waals surface area (Å²) in [7, 11) is -13.1. The van der Waals surface area contributed by atoms with E-state index in [0.29, 0.717) is 38.2 Å². The molecule has 0 unspecified atom stereocenters. The topological polar surface area (TPSA) is 166 Å². The fourth-order valence-corrected chi connectivity index (χ4v) is 7.68. The van der Waals surface area contributed by atoms with E-state index in [-0.39, 0.29) is 15.2 Å². The molecule has 31 heavy (non-hydrogen) atoms. The second kappa shape index (κ2) is 6.58. The molecule has 9 nitrogen and oxygen atoms in total. The molecule has 0 radical (unpaired) electrons. The molecule has 12 heteroatoms. The third kappa shape index (κ3) is 3.35. The van der Waals surface area contributed by atoms with Crippen molar-refractivity contribution in [2.45, 2.75) is 30.6 Å². The SMILES string of the molecule is Cc1c(S(N)(=O)=O)c2ccc3ccc(S(=O)(=O)NS(N)(=O)=O)c4cc(C)c(c1C)c2c34. The van der Waals surface area contributed by atoms with Gasteiger partial charge in [-0.2, -0.15) is 8.42 Å². The largest absolute Gasteiger partial charge is 0.287 e. The summed E-state index contributed by atoms with van der Waals surface area (Å²) < 4.78 is 74.6. The van der Waals surface area contributed by atoms with Crippen LogP contribution in [0.4, 0.5) is 0 Å². The number of hydrogen-bond acceptors (Lipinski definition) is 6. The third-order valence-electron chi connectivity index (χ3n) is 5.51. The van der Waals surface area contributed by atoms with Gasteiger partial charge in [-0.1, -0.05) is 22.3 Å². The van der Waals surface area contributed by atoms with Crippen molar-refractivity contribution in [2.75, 3.05) is 0 Å². The van der Waals surface area contributed by atoms with Gasteiger partial charge in [-0.25, -0.2) is 27.1 Å². The maximum Gasteiger partial charge on any atom is 0.287 e. The number of rotatable bonds is 4.